The maximum atomic E-state index is 13.0. The number of benzene rings is 2. The molecule has 6 heteroatoms. The highest BCUT2D eigenvalue weighted by Gasteiger charge is 2.63. The number of carbonyl (C=O) groups is 1. The van der Waals surface area contributed by atoms with Crippen LogP contribution in [-0.4, -0.2) is 24.7 Å². The Morgan fingerprint density at radius 3 is 2.13 bits per heavy atom. The molecule has 0 aliphatic heterocycles. The standard InChI is InChI=1S/C17H15FO4S/c1-10-2-8-13(9-3-10)23(21,22)16-14(15(16)17(19)20)11-4-6-12(18)7-5-11/h2-9,14-16H,1H3,(H,19,20)/t14-,15+,16+/m0/s1. The third kappa shape index (κ3) is 2.74. The molecule has 0 radical (unpaired) electrons. The topological polar surface area (TPSA) is 71.4 Å². The van der Waals surface area contributed by atoms with Gasteiger partial charge in [0.2, 0.25) is 0 Å². The zero-order valence-electron chi connectivity index (χ0n) is 12.3. The fourth-order valence-corrected chi connectivity index (χ4v) is 5.05. The second kappa shape index (κ2) is 5.45. The predicted molar refractivity (Wildman–Crippen MR) is 82.4 cm³/mol. The van der Waals surface area contributed by atoms with Crippen molar-refractivity contribution >= 4 is 15.8 Å². The van der Waals surface area contributed by atoms with Crippen molar-refractivity contribution in [2.75, 3.05) is 0 Å². The van der Waals surface area contributed by atoms with Crippen LogP contribution in [0.15, 0.2) is 53.4 Å². The van der Waals surface area contributed by atoms with E-state index < -0.39 is 38.7 Å². The van der Waals surface area contributed by atoms with Crippen LogP contribution in [0.3, 0.4) is 0 Å². The second-order valence-electron chi connectivity index (χ2n) is 5.76. The summed E-state index contributed by atoms with van der Waals surface area (Å²) in [6.45, 7) is 1.84. The summed E-state index contributed by atoms with van der Waals surface area (Å²) >= 11 is 0. The zero-order chi connectivity index (χ0) is 16.8. The van der Waals surface area contributed by atoms with Crippen LogP contribution in [0.5, 0.6) is 0 Å². The largest absolute Gasteiger partial charge is 0.481 e. The first kappa shape index (κ1) is 15.7. The van der Waals surface area contributed by atoms with E-state index in [1.165, 1.54) is 36.4 Å². The summed E-state index contributed by atoms with van der Waals surface area (Å²) in [6.07, 6.45) is 0. The molecule has 120 valence electrons. The average Bonchev–Trinajstić information content (AvgIpc) is 3.25. The Bertz CT molecular complexity index is 841. The molecule has 4 nitrogen and oxygen atoms in total. The van der Waals surface area contributed by atoms with E-state index in [4.69, 9.17) is 0 Å². The Labute approximate surface area is 133 Å². The highest BCUT2D eigenvalue weighted by atomic mass is 32.2. The van der Waals surface area contributed by atoms with Crippen LogP contribution in [0, 0.1) is 18.7 Å². The molecule has 1 saturated carbocycles. The summed E-state index contributed by atoms with van der Waals surface area (Å²) in [4.78, 5) is 11.5. The summed E-state index contributed by atoms with van der Waals surface area (Å²) in [5.74, 6) is -3.26. The van der Waals surface area contributed by atoms with Crippen molar-refractivity contribution in [3.8, 4) is 0 Å². The maximum absolute atomic E-state index is 13.0. The molecule has 1 aliphatic carbocycles. The van der Waals surface area contributed by atoms with Crippen molar-refractivity contribution in [1.29, 1.82) is 0 Å². The van der Waals surface area contributed by atoms with Crippen LogP contribution in [0.25, 0.3) is 0 Å². The van der Waals surface area contributed by atoms with Crippen molar-refractivity contribution in [2.45, 2.75) is 23.0 Å². The monoisotopic (exact) mass is 334 g/mol. The third-order valence-corrected chi connectivity index (χ3v) is 6.43. The molecule has 1 aliphatic rings. The van der Waals surface area contributed by atoms with Crippen molar-refractivity contribution < 1.29 is 22.7 Å². The van der Waals surface area contributed by atoms with Gasteiger partial charge in [0.15, 0.2) is 9.84 Å². The summed E-state index contributed by atoms with van der Waals surface area (Å²) in [7, 11) is -3.76. The van der Waals surface area contributed by atoms with Gasteiger partial charge in [0.1, 0.15) is 5.82 Å². The molecule has 0 unspecified atom stereocenters. The third-order valence-electron chi connectivity index (χ3n) is 4.20. The van der Waals surface area contributed by atoms with Gasteiger partial charge in [0.05, 0.1) is 16.1 Å². The number of aliphatic carboxylic acids is 1. The summed E-state index contributed by atoms with van der Waals surface area (Å²) in [5.41, 5.74) is 1.45. The molecule has 2 aromatic carbocycles. The Kier molecular flexibility index (Phi) is 3.72. The van der Waals surface area contributed by atoms with Crippen molar-refractivity contribution in [3.05, 3.63) is 65.5 Å². The lowest BCUT2D eigenvalue weighted by molar-refractivity contribution is -0.138. The molecule has 1 fully saturated rings. The smallest absolute Gasteiger partial charge is 0.308 e. The van der Waals surface area contributed by atoms with Gasteiger partial charge in [-0.25, -0.2) is 12.8 Å². The Balaban J connectivity index is 1.98. The molecule has 0 bridgehead atoms. The maximum Gasteiger partial charge on any atom is 0.308 e. The lowest BCUT2D eigenvalue weighted by Gasteiger charge is -2.04. The predicted octanol–water partition coefficient (Wildman–Crippen LogP) is 2.77. The van der Waals surface area contributed by atoms with Crippen LogP contribution in [0.2, 0.25) is 0 Å². The minimum atomic E-state index is -3.76. The van der Waals surface area contributed by atoms with E-state index in [2.05, 4.69) is 0 Å². The van der Waals surface area contributed by atoms with E-state index in [-0.39, 0.29) is 4.90 Å². The number of carboxylic acids is 1. The molecule has 3 rings (SSSR count). The molecule has 3 atom stereocenters. The van der Waals surface area contributed by atoms with Crippen molar-refractivity contribution in [1.82, 2.24) is 0 Å². The van der Waals surface area contributed by atoms with E-state index in [1.54, 1.807) is 12.1 Å². The number of hydrogen-bond acceptors (Lipinski definition) is 3. The molecule has 1 N–H and O–H groups in total. The van der Waals surface area contributed by atoms with E-state index in [0.717, 1.165) is 5.56 Å². The van der Waals surface area contributed by atoms with Crippen LogP contribution >= 0.6 is 0 Å². The lowest BCUT2D eigenvalue weighted by Crippen LogP contribution is -2.13. The number of halogens is 1. The minimum absolute atomic E-state index is 0.115. The molecule has 0 spiro atoms. The molecule has 0 saturated heterocycles. The van der Waals surface area contributed by atoms with E-state index >= 15 is 0 Å². The van der Waals surface area contributed by atoms with Crippen LogP contribution in [0.4, 0.5) is 4.39 Å². The summed E-state index contributed by atoms with van der Waals surface area (Å²) in [6, 6.07) is 11.6. The second-order valence-corrected chi connectivity index (χ2v) is 7.87. The van der Waals surface area contributed by atoms with Gasteiger partial charge in [0.25, 0.3) is 0 Å². The molecule has 2 aromatic rings. The molecule has 0 aromatic heterocycles. The SMILES string of the molecule is Cc1ccc(S(=O)(=O)[C@H]2[C@H](C(=O)O)[C@@H]2c2ccc(F)cc2)cc1. The van der Waals surface area contributed by atoms with Gasteiger partial charge in [-0.2, -0.15) is 0 Å². The molecule has 23 heavy (non-hydrogen) atoms. The minimum Gasteiger partial charge on any atom is -0.481 e. The Morgan fingerprint density at radius 1 is 1.04 bits per heavy atom. The van der Waals surface area contributed by atoms with Gasteiger partial charge in [-0.05, 0) is 36.8 Å². The van der Waals surface area contributed by atoms with E-state index in [9.17, 15) is 22.7 Å². The first-order valence-electron chi connectivity index (χ1n) is 7.11. The number of hydrogen-bond donors (Lipinski definition) is 1. The average molecular weight is 334 g/mol. The highest BCUT2D eigenvalue weighted by molar-refractivity contribution is 7.92. The summed E-state index contributed by atoms with van der Waals surface area (Å²) < 4.78 is 38.5. The van der Waals surface area contributed by atoms with Crippen molar-refractivity contribution in [2.24, 2.45) is 5.92 Å². The van der Waals surface area contributed by atoms with Gasteiger partial charge < -0.3 is 5.11 Å². The summed E-state index contributed by atoms with van der Waals surface area (Å²) in [5, 5.41) is 8.31. The quantitative estimate of drug-likeness (QED) is 0.933. The first-order chi connectivity index (χ1) is 10.8. The highest BCUT2D eigenvalue weighted by Crippen LogP contribution is 2.54. The zero-order valence-corrected chi connectivity index (χ0v) is 13.1. The van der Waals surface area contributed by atoms with Gasteiger partial charge in [-0.15, -0.1) is 0 Å². The fourth-order valence-electron chi connectivity index (χ4n) is 2.93. The van der Waals surface area contributed by atoms with Gasteiger partial charge in [-0.1, -0.05) is 29.8 Å². The number of sulfone groups is 1. The lowest BCUT2D eigenvalue weighted by atomic mass is 10.1. The van der Waals surface area contributed by atoms with Crippen LogP contribution in [-0.2, 0) is 14.6 Å². The first-order valence-corrected chi connectivity index (χ1v) is 8.66. The molecule has 0 heterocycles. The normalized spacial score (nSPS) is 23.5. The van der Waals surface area contributed by atoms with Crippen molar-refractivity contribution in [3.63, 3.8) is 0 Å². The van der Waals surface area contributed by atoms with Gasteiger partial charge >= 0.3 is 5.97 Å². The number of carboxylic acid groups (broad SMARTS) is 1. The van der Waals surface area contributed by atoms with Gasteiger partial charge in [-0.3, -0.25) is 4.79 Å². The Hall–Kier alpha value is -2.21. The van der Waals surface area contributed by atoms with Gasteiger partial charge in [0, 0.05) is 5.92 Å². The molecular weight excluding hydrogens is 319 g/mol. The van der Waals surface area contributed by atoms with E-state index in [0.29, 0.717) is 5.56 Å². The number of rotatable bonds is 4. The van der Waals surface area contributed by atoms with Crippen LogP contribution in [0.1, 0.15) is 17.0 Å². The van der Waals surface area contributed by atoms with Crippen LogP contribution < -0.4 is 0 Å². The molecule has 0 amide bonds. The number of aryl methyl sites for hydroxylation is 1. The van der Waals surface area contributed by atoms with E-state index in [1.807, 2.05) is 6.92 Å². The fraction of sp³-hybridized carbons (Fsp3) is 0.235. The Morgan fingerprint density at radius 2 is 1.61 bits per heavy atom. The molecular formula is C17H15FO4S.